The zero-order valence-corrected chi connectivity index (χ0v) is 23.9. The van der Waals surface area contributed by atoms with Gasteiger partial charge in [0.25, 0.3) is 0 Å². The highest BCUT2D eigenvalue weighted by Crippen LogP contribution is 2.54. The molecule has 2 aromatic rings. The monoisotopic (exact) mass is 550 g/mol. The number of carboxylic acids is 1. The van der Waals surface area contributed by atoms with Gasteiger partial charge in [0.1, 0.15) is 17.3 Å². The van der Waals surface area contributed by atoms with Crippen LogP contribution in [0.1, 0.15) is 84.0 Å². The number of carbonyl (C=O) groups is 1. The number of aryl methyl sites for hydroxylation is 1. The predicted octanol–water partition coefficient (Wildman–Crippen LogP) is 6.52. The number of benzene rings is 2. The van der Waals surface area contributed by atoms with Crippen LogP contribution in [0, 0.1) is 0 Å². The van der Waals surface area contributed by atoms with Crippen molar-refractivity contribution in [1.29, 1.82) is 0 Å². The molecule has 8 rings (SSSR count). The van der Waals surface area contributed by atoms with E-state index in [0.29, 0.717) is 11.8 Å². The van der Waals surface area contributed by atoms with Crippen molar-refractivity contribution in [2.75, 3.05) is 38.2 Å². The van der Waals surface area contributed by atoms with E-state index in [-0.39, 0.29) is 5.56 Å². The second kappa shape index (κ2) is 9.80. The molecule has 212 valence electrons. The van der Waals surface area contributed by atoms with E-state index in [4.69, 9.17) is 9.47 Å². The van der Waals surface area contributed by atoms with E-state index in [1.165, 1.54) is 53.6 Å². The van der Waals surface area contributed by atoms with E-state index in [9.17, 15) is 9.90 Å². The topological polar surface area (TPSA) is 62.2 Å². The zero-order valence-electron chi connectivity index (χ0n) is 23.9. The van der Waals surface area contributed by atoms with Gasteiger partial charge >= 0.3 is 5.97 Å². The fraction of sp³-hybridized carbons (Fsp3) is 0.457. The predicted molar refractivity (Wildman–Crippen MR) is 160 cm³/mol. The van der Waals surface area contributed by atoms with Crippen LogP contribution in [0.4, 0.5) is 5.69 Å². The van der Waals surface area contributed by atoms with Crippen molar-refractivity contribution in [3.63, 3.8) is 0 Å². The summed E-state index contributed by atoms with van der Waals surface area (Å²) in [6.45, 7) is 4.54. The van der Waals surface area contributed by atoms with Crippen molar-refractivity contribution < 1.29 is 19.4 Å². The number of nitrogens with zero attached hydrogens (tertiary/aromatic N) is 2. The normalized spacial score (nSPS) is 23.3. The molecule has 1 aliphatic carbocycles. The summed E-state index contributed by atoms with van der Waals surface area (Å²) in [5, 5.41) is 9.75. The maximum absolute atomic E-state index is 11.9. The molecule has 0 bridgehead atoms. The minimum atomic E-state index is -0.944. The molecular weight excluding hydrogens is 512 g/mol. The van der Waals surface area contributed by atoms with E-state index in [1.807, 2.05) is 6.07 Å². The SMILES string of the molecule is COc1cc(C(=O)O)ccc1C1=C2C=C3CCCCN4CCCC(=C2Oc2c1cc1c5c2CCCN5CCCC1)C34. The molecule has 6 heteroatoms. The van der Waals surface area contributed by atoms with Crippen molar-refractivity contribution >= 4 is 17.2 Å². The molecule has 41 heavy (non-hydrogen) atoms. The number of hydrogen-bond acceptors (Lipinski definition) is 5. The lowest BCUT2D eigenvalue weighted by atomic mass is 9.76. The van der Waals surface area contributed by atoms with Crippen LogP contribution in [-0.2, 0) is 12.8 Å². The molecule has 0 amide bonds. The minimum Gasteiger partial charge on any atom is -0.496 e. The lowest BCUT2D eigenvalue weighted by molar-refractivity contribution is 0.0696. The number of hydrogen-bond donors (Lipinski definition) is 1. The second-order valence-corrected chi connectivity index (χ2v) is 12.5. The number of piperidine rings is 1. The third kappa shape index (κ3) is 3.90. The van der Waals surface area contributed by atoms with Crippen LogP contribution in [-0.4, -0.2) is 55.3 Å². The Bertz CT molecular complexity index is 1560. The van der Waals surface area contributed by atoms with Crippen molar-refractivity contribution in [3.8, 4) is 11.5 Å². The van der Waals surface area contributed by atoms with Crippen LogP contribution in [0.3, 0.4) is 0 Å². The van der Waals surface area contributed by atoms with Crippen molar-refractivity contribution in [3.05, 3.63) is 80.6 Å². The van der Waals surface area contributed by atoms with Gasteiger partial charge in [0.05, 0.1) is 18.7 Å². The van der Waals surface area contributed by atoms with Crippen LogP contribution < -0.4 is 14.4 Å². The molecule has 5 aliphatic heterocycles. The van der Waals surface area contributed by atoms with Gasteiger partial charge < -0.3 is 19.5 Å². The summed E-state index contributed by atoms with van der Waals surface area (Å²) >= 11 is 0. The van der Waals surface area contributed by atoms with E-state index in [1.54, 1.807) is 19.2 Å². The number of carboxylic acid groups (broad SMARTS) is 1. The molecule has 6 nitrogen and oxygen atoms in total. The number of fused-ring (bicyclic) bond motifs is 3. The van der Waals surface area contributed by atoms with Gasteiger partial charge in [-0.2, -0.15) is 0 Å². The van der Waals surface area contributed by atoms with Gasteiger partial charge in [-0.3, -0.25) is 4.90 Å². The fourth-order valence-corrected chi connectivity index (χ4v) is 8.42. The fourth-order valence-electron chi connectivity index (χ4n) is 8.42. The van der Waals surface area contributed by atoms with Crippen LogP contribution in [0.25, 0.3) is 5.57 Å². The standard InChI is InChI=1S/C35H38N2O4/c1-40-29-20-23(35(38)39)12-13-24(29)30-27-18-21-8-2-4-14-36-16-6-10-25(31(21)36)33(27)41-34-26-11-7-17-37-15-5-3-9-22(32(26)37)19-28(30)34/h12-13,18-20,31H,2-11,14-17H2,1H3,(H,38,39). The maximum Gasteiger partial charge on any atom is 0.335 e. The number of rotatable bonds is 3. The van der Waals surface area contributed by atoms with Crippen LogP contribution >= 0.6 is 0 Å². The second-order valence-electron chi connectivity index (χ2n) is 12.5. The van der Waals surface area contributed by atoms with Crippen LogP contribution in [0.2, 0.25) is 0 Å². The highest BCUT2D eigenvalue weighted by Gasteiger charge is 2.42. The van der Waals surface area contributed by atoms with E-state index in [2.05, 4.69) is 21.9 Å². The van der Waals surface area contributed by atoms with Crippen molar-refractivity contribution in [2.45, 2.75) is 70.3 Å². The summed E-state index contributed by atoms with van der Waals surface area (Å²) in [4.78, 5) is 17.2. The molecule has 1 N–H and O–H groups in total. The third-order valence-corrected chi connectivity index (χ3v) is 10.1. The smallest absolute Gasteiger partial charge is 0.335 e. The highest BCUT2D eigenvalue weighted by atomic mass is 16.5. The van der Waals surface area contributed by atoms with Gasteiger partial charge in [-0.05, 0) is 124 Å². The first-order valence-corrected chi connectivity index (χ1v) is 15.6. The van der Waals surface area contributed by atoms with Gasteiger partial charge in [0, 0.05) is 46.6 Å². The number of anilines is 1. The summed E-state index contributed by atoms with van der Waals surface area (Å²) in [6.07, 6.45) is 13.9. The summed E-state index contributed by atoms with van der Waals surface area (Å²) in [7, 11) is 1.65. The Balaban J connectivity index is 1.44. The summed E-state index contributed by atoms with van der Waals surface area (Å²) in [5.41, 5.74) is 11.7. The molecule has 0 aromatic heterocycles. The lowest BCUT2D eigenvalue weighted by Gasteiger charge is -2.43. The molecule has 1 atom stereocenters. The van der Waals surface area contributed by atoms with E-state index < -0.39 is 5.97 Å². The van der Waals surface area contributed by atoms with Gasteiger partial charge in [-0.1, -0.05) is 0 Å². The molecular formula is C35H38N2O4. The van der Waals surface area contributed by atoms with Gasteiger partial charge in [0.15, 0.2) is 0 Å². The lowest BCUT2D eigenvalue weighted by Crippen LogP contribution is -2.44. The largest absolute Gasteiger partial charge is 0.496 e. The average molecular weight is 551 g/mol. The van der Waals surface area contributed by atoms with Crippen molar-refractivity contribution in [1.82, 2.24) is 4.90 Å². The van der Waals surface area contributed by atoms with Gasteiger partial charge in [-0.15, -0.1) is 0 Å². The van der Waals surface area contributed by atoms with Crippen LogP contribution in [0.15, 0.2) is 52.8 Å². The van der Waals surface area contributed by atoms with E-state index >= 15 is 0 Å². The van der Waals surface area contributed by atoms with Gasteiger partial charge in [0.2, 0.25) is 0 Å². The number of aromatic carboxylic acids is 1. The molecule has 1 unspecified atom stereocenters. The zero-order chi connectivity index (χ0) is 27.7. The first kappa shape index (κ1) is 25.2. The quantitative estimate of drug-likeness (QED) is 0.470. The first-order valence-electron chi connectivity index (χ1n) is 15.6. The summed E-state index contributed by atoms with van der Waals surface area (Å²) < 4.78 is 13.1. The molecule has 0 radical (unpaired) electrons. The highest BCUT2D eigenvalue weighted by molar-refractivity contribution is 5.97. The molecule has 0 saturated carbocycles. The Morgan fingerprint density at radius 2 is 1.73 bits per heavy atom. The summed E-state index contributed by atoms with van der Waals surface area (Å²) in [6, 6.07) is 8.10. The Morgan fingerprint density at radius 1 is 0.927 bits per heavy atom. The Labute approximate surface area is 241 Å². The van der Waals surface area contributed by atoms with Crippen molar-refractivity contribution in [2.24, 2.45) is 0 Å². The maximum atomic E-state index is 11.9. The molecule has 2 fully saturated rings. The van der Waals surface area contributed by atoms with Crippen LogP contribution in [0.5, 0.6) is 11.5 Å². The molecule has 2 aromatic carbocycles. The Morgan fingerprint density at radius 3 is 2.61 bits per heavy atom. The Kier molecular flexibility index (Phi) is 6.03. The first-order chi connectivity index (χ1) is 20.1. The molecule has 5 heterocycles. The van der Waals surface area contributed by atoms with Gasteiger partial charge in [-0.25, -0.2) is 4.79 Å². The average Bonchev–Trinajstić information content (AvgIpc) is 3.34. The minimum absolute atomic E-state index is 0.239. The van der Waals surface area contributed by atoms with E-state index in [0.717, 1.165) is 98.5 Å². The Hall–Kier alpha value is -3.51. The third-order valence-electron chi connectivity index (χ3n) is 10.1. The number of ether oxygens (including phenoxy) is 2. The number of allylic oxidation sites excluding steroid dienone is 1. The number of methoxy groups -OCH3 is 1. The molecule has 6 aliphatic rings. The molecule has 2 saturated heterocycles. The molecule has 0 spiro atoms. The summed E-state index contributed by atoms with van der Waals surface area (Å²) in [5.74, 6) is 1.71.